The van der Waals surface area contributed by atoms with Crippen molar-refractivity contribution < 1.29 is 22.4 Å². The van der Waals surface area contributed by atoms with Crippen molar-refractivity contribution in [1.82, 2.24) is 14.6 Å². The van der Waals surface area contributed by atoms with Crippen molar-refractivity contribution in [3.8, 4) is 0 Å². The number of halogens is 4. The standard InChI is InChI=1S/C22H22F4N4O/c1-2-16-11-19(30-20(28-16)12-18(29-30)22(24,25)26)27-13-21(9-7-17(31)8-10-21)14-3-5-15(23)6-4-14/h3-6,11-12,27H,2,7-10,13H2,1H3. The van der Waals surface area contributed by atoms with Crippen LogP contribution in [0.2, 0.25) is 0 Å². The van der Waals surface area contributed by atoms with Gasteiger partial charge in [-0.15, -0.1) is 0 Å². The molecule has 1 saturated carbocycles. The van der Waals surface area contributed by atoms with E-state index >= 15 is 0 Å². The van der Waals surface area contributed by atoms with E-state index in [0.717, 1.165) is 16.1 Å². The molecule has 9 heteroatoms. The minimum atomic E-state index is -4.57. The second-order valence-corrected chi connectivity index (χ2v) is 7.96. The first kappa shape index (κ1) is 21.3. The maximum absolute atomic E-state index is 13.5. The molecular formula is C22H22F4N4O. The third-order valence-electron chi connectivity index (χ3n) is 5.96. The summed E-state index contributed by atoms with van der Waals surface area (Å²) < 4.78 is 54.2. The lowest BCUT2D eigenvalue weighted by Gasteiger charge is -2.38. The van der Waals surface area contributed by atoms with E-state index in [1.807, 2.05) is 6.92 Å². The Morgan fingerprint density at radius 3 is 2.42 bits per heavy atom. The summed E-state index contributed by atoms with van der Waals surface area (Å²) in [7, 11) is 0. The van der Waals surface area contributed by atoms with Crippen LogP contribution in [0.25, 0.3) is 5.65 Å². The molecule has 0 radical (unpaired) electrons. The van der Waals surface area contributed by atoms with Crippen LogP contribution in [0.4, 0.5) is 23.4 Å². The topological polar surface area (TPSA) is 59.3 Å². The SMILES string of the molecule is CCc1cc(NCC2(c3ccc(F)cc3)CCC(=O)CC2)n2nc(C(F)(F)F)cc2n1. The predicted octanol–water partition coefficient (Wildman–Crippen LogP) is 4.94. The Labute approximate surface area is 176 Å². The van der Waals surface area contributed by atoms with Gasteiger partial charge < -0.3 is 5.32 Å². The van der Waals surface area contributed by atoms with Gasteiger partial charge in [0.1, 0.15) is 17.4 Å². The molecular weight excluding hydrogens is 412 g/mol. The van der Waals surface area contributed by atoms with E-state index in [-0.39, 0.29) is 17.2 Å². The quantitative estimate of drug-likeness (QED) is 0.578. The van der Waals surface area contributed by atoms with Gasteiger partial charge in [-0.25, -0.2) is 9.37 Å². The van der Waals surface area contributed by atoms with Gasteiger partial charge in [0.25, 0.3) is 0 Å². The number of alkyl halides is 3. The number of aryl methyl sites for hydroxylation is 1. The highest BCUT2D eigenvalue weighted by atomic mass is 19.4. The summed E-state index contributed by atoms with van der Waals surface area (Å²) in [5.41, 5.74) is 0.199. The van der Waals surface area contributed by atoms with E-state index in [4.69, 9.17) is 0 Å². The molecule has 2 aromatic heterocycles. The van der Waals surface area contributed by atoms with Crippen LogP contribution in [0.1, 0.15) is 49.6 Å². The number of hydrogen-bond acceptors (Lipinski definition) is 4. The summed E-state index contributed by atoms with van der Waals surface area (Å²) in [6.07, 6.45) is -2.06. The van der Waals surface area contributed by atoms with E-state index in [9.17, 15) is 22.4 Å². The second-order valence-electron chi connectivity index (χ2n) is 7.96. The molecule has 0 atom stereocenters. The molecule has 0 amide bonds. The van der Waals surface area contributed by atoms with Crippen LogP contribution in [0, 0.1) is 5.82 Å². The molecule has 1 N–H and O–H groups in total. The Balaban J connectivity index is 1.70. The zero-order valence-electron chi connectivity index (χ0n) is 17.0. The van der Waals surface area contributed by atoms with Crippen molar-refractivity contribution in [1.29, 1.82) is 0 Å². The molecule has 2 heterocycles. The summed E-state index contributed by atoms with van der Waals surface area (Å²) in [6.45, 7) is 2.24. The average Bonchev–Trinajstić information content (AvgIpc) is 3.19. The number of ketones is 1. The Hall–Kier alpha value is -2.97. The normalized spacial score (nSPS) is 16.6. The first-order valence-corrected chi connectivity index (χ1v) is 10.2. The molecule has 0 saturated heterocycles. The minimum absolute atomic E-state index is 0.115. The number of aromatic nitrogens is 3. The third-order valence-corrected chi connectivity index (χ3v) is 5.96. The number of nitrogens with one attached hydrogen (secondary N) is 1. The zero-order chi connectivity index (χ0) is 22.2. The zero-order valence-corrected chi connectivity index (χ0v) is 17.0. The van der Waals surface area contributed by atoms with Crippen LogP contribution in [-0.2, 0) is 22.8 Å². The van der Waals surface area contributed by atoms with Gasteiger partial charge in [0.2, 0.25) is 0 Å². The number of fused-ring (bicyclic) bond motifs is 1. The molecule has 0 bridgehead atoms. The number of benzene rings is 1. The molecule has 1 aromatic carbocycles. The van der Waals surface area contributed by atoms with Gasteiger partial charge in [-0.1, -0.05) is 19.1 Å². The van der Waals surface area contributed by atoms with Gasteiger partial charge >= 0.3 is 6.18 Å². The third kappa shape index (κ3) is 4.26. The molecule has 1 fully saturated rings. The van der Waals surface area contributed by atoms with Crippen molar-refractivity contribution in [2.24, 2.45) is 0 Å². The highest BCUT2D eigenvalue weighted by Crippen LogP contribution is 2.39. The van der Waals surface area contributed by atoms with E-state index in [1.54, 1.807) is 18.2 Å². The molecule has 31 heavy (non-hydrogen) atoms. The molecule has 164 valence electrons. The maximum Gasteiger partial charge on any atom is 0.435 e. The predicted molar refractivity (Wildman–Crippen MR) is 107 cm³/mol. The van der Waals surface area contributed by atoms with Crippen LogP contribution in [0.15, 0.2) is 36.4 Å². The largest absolute Gasteiger partial charge is 0.435 e. The lowest BCUT2D eigenvalue weighted by atomic mass is 9.69. The fourth-order valence-electron chi connectivity index (χ4n) is 4.11. The number of carbonyl (C=O) groups excluding carboxylic acids is 1. The van der Waals surface area contributed by atoms with E-state index in [2.05, 4.69) is 15.4 Å². The summed E-state index contributed by atoms with van der Waals surface area (Å²) in [4.78, 5) is 16.1. The van der Waals surface area contributed by atoms with Crippen LogP contribution < -0.4 is 5.32 Å². The number of carbonyl (C=O) groups is 1. The van der Waals surface area contributed by atoms with Crippen LogP contribution in [-0.4, -0.2) is 26.9 Å². The van der Waals surface area contributed by atoms with Crippen LogP contribution in [0.3, 0.4) is 0 Å². The fourth-order valence-corrected chi connectivity index (χ4v) is 4.11. The number of Topliss-reactive ketones (excluding diaryl/α,β-unsaturated/α-hetero) is 1. The van der Waals surface area contributed by atoms with Gasteiger partial charge in [0.15, 0.2) is 11.3 Å². The van der Waals surface area contributed by atoms with E-state index in [1.165, 1.54) is 12.1 Å². The summed E-state index contributed by atoms with van der Waals surface area (Å²) in [5, 5.41) is 6.96. The van der Waals surface area contributed by atoms with Crippen LogP contribution >= 0.6 is 0 Å². The lowest BCUT2D eigenvalue weighted by Crippen LogP contribution is -2.39. The molecule has 3 aromatic rings. The van der Waals surface area contributed by atoms with Crippen molar-refractivity contribution >= 4 is 17.2 Å². The van der Waals surface area contributed by atoms with Gasteiger partial charge in [-0.3, -0.25) is 4.79 Å². The fraction of sp³-hybridized carbons (Fsp3) is 0.409. The first-order valence-electron chi connectivity index (χ1n) is 10.2. The lowest BCUT2D eigenvalue weighted by molar-refractivity contribution is -0.141. The Morgan fingerprint density at radius 1 is 1.13 bits per heavy atom. The van der Waals surface area contributed by atoms with Crippen molar-refractivity contribution in [3.05, 3.63) is 59.2 Å². The monoisotopic (exact) mass is 434 g/mol. The summed E-state index contributed by atoms with van der Waals surface area (Å²) in [6, 6.07) is 8.81. The van der Waals surface area contributed by atoms with Crippen molar-refractivity contribution in [3.63, 3.8) is 0 Å². The average molecular weight is 434 g/mol. The number of nitrogens with zero attached hydrogens (tertiary/aromatic N) is 3. The van der Waals surface area contributed by atoms with Gasteiger partial charge in [0.05, 0.1) is 0 Å². The molecule has 4 rings (SSSR count). The summed E-state index contributed by atoms with van der Waals surface area (Å²) in [5.74, 6) is 0.230. The maximum atomic E-state index is 13.5. The summed E-state index contributed by atoms with van der Waals surface area (Å²) >= 11 is 0. The Morgan fingerprint density at radius 2 is 1.81 bits per heavy atom. The number of anilines is 1. The van der Waals surface area contributed by atoms with Crippen molar-refractivity contribution in [2.75, 3.05) is 11.9 Å². The molecule has 1 aliphatic rings. The first-order chi connectivity index (χ1) is 14.7. The van der Waals surface area contributed by atoms with Crippen LogP contribution in [0.5, 0.6) is 0 Å². The van der Waals surface area contributed by atoms with E-state index in [0.29, 0.717) is 50.2 Å². The highest BCUT2D eigenvalue weighted by Gasteiger charge is 2.37. The van der Waals surface area contributed by atoms with Gasteiger partial charge in [0, 0.05) is 42.6 Å². The minimum Gasteiger partial charge on any atom is -0.369 e. The van der Waals surface area contributed by atoms with Gasteiger partial charge in [-0.2, -0.15) is 22.8 Å². The Bertz CT molecular complexity index is 1100. The number of hydrogen-bond donors (Lipinski definition) is 1. The molecule has 0 aliphatic heterocycles. The highest BCUT2D eigenvalue weighted by molar-refractivity contribution is 5.79. The number of rotatable bonds is 5. The molecule has 1 aliphatic carbocycles. The molecule has 0 unspecified atom stereocenters. The molecule has 5 nitrogen and oxygen atoms in total. The Kier molecular flexibility index (Phi) is 5.45. The van der Waals surface area contributed by atoms with Gasteiger partial charge in [-0.05, 0) is 37.0 Å². The second kappa shape index (κ2) is 7.94. The molecule has 0 spiro atoms. The van der Waals surface area contributed by atoms with Crippen molar-refractivity contribution in [2.45, 2.75) is 50.6 Å². The van der Waals surface area contributed by atoms with E-state index < -0.39 is 17.3 Å². The smallest absolute Gasteiger partial charge is 0.369 e.